The van der Waals surface area contributed by atoms with E-state index < -0.39 is 0 Å². The minimum atomic E-state index is 0.529. The minimum absolute atomic E-state index is 0.529. The van der Waals surface area contributed by atoms with Gasteiger partial charge in [0.15, 0.2) is 0 Å². The van der Waals surface area contributed by atoms with E-state index in [9.17, 15) is 0 Å². The molecule has 150 valence electrons. The van der Waals surface area contributed by atoms with Gasteiger partial charge in [-0.25, -0.2) is 9.97 Å². The molecule has 5 rings (SSSR count). The number of benzene rings is 2. The van der Waals surface area contributed by atoms with Crippen LogP contribution in [0.3, 0.4) is 0 Å². The van der Waals surface area contributed by atoms with Gasteiger partial charge >= 0.3 is 0 Å². The van der Waals surface area contributed by atoms with Gasteiger partial charge in [0.1, 0.15) is 17.4 Å². The first-order valence-electron chi connectivity index (χ1n) is 9.93. The van der Waals surface area contributed by atoms with Crippen LogP contribution in [-0.2, 0) is 0 Å². The number of piperazine rings is 1. The van der Waals surface area contributed by atoms with Crippen molar-refractivity contribution in [2.75, 3.05) is 43.1 Å². The highest BCUT2D eigenvalue weighted by Gasteiger charge is 2.29. The molecule has 0 bridgehead atoms. The van der Waals surface area contributed by atoms with Crippen LogP contribution in [0.5, 0.6) is 5.75 Å². The zero-order valence-corrected chi connectivity index (χ0v) is 18.6. The normalized spacial score (nSPS) is 17.1. The van der Waals surface area contributed by atoms with E-state index in [-0.39, 0.29) is 0 Å². The lowest BCUT2D eigenvalue weighted by Gasteiger charge is -2.37. The number of ether oxygens (including phenoxy) is 1. The van der Waals surface area contributed by atoms with Gasteiger partial charge in [-0.3, -0.25) is 0 Å². The summed E-state index contributed by atoms with van der Waals surface area (Å²) < 4.78 is 6.60. The fourth-order valence-electron chi connectivity index (χ4n) is 3.94. The molecule has 0 amide bonds. The van der Waals surface area contributed by atoms with Crippen LogP contribution in [0.1, 0.15) is 24.6 Å². The first kappa shape index (κ1) is 18.9. The topological polar surface area (TPSA) is 41.5 Å². The standard InChI is InChI=1S/C22H22BrClN4O/c1-29-20-13-16(24)5-7-19(20)27-8-10-28(11-9-27)22-17-12-15(23)4-6-18(17)25-21(26-22)14-2-3-14/h4-7,12-14H,2-3,8-11H2,1H3. The van der Waals surface area contributed by atoms with Gasteiger partial charge in [0.25, 0.3) is 0 Å². The molecule has 1 saturated carbocycles. The van der Waals surface area contributed by atoms with Gasteiger partial charge in [0, 0.05) is 53.0 Å². The Kier molecular flexibility index (Phi) is 5.00. The zero-order chi connectivity index (χ0) is 20.0. The van der Waals surface area contributed by atoms with Crippen LogP contribution >= 0.6 is 27.5 Å². The molecule has 1 aromatic heterocycles. The lowest BCUT2D eigenvalue weighted by Crippen LogP contribution is -2.47. The highest BCUT2D eigenvalue weighted by molar-refractivity contribution is 9.10. The number of aromatic nitrogens is 2. The predicted molar refractivity (Wildman–Crippen MR) is 122 cm³/mol. The van der Waals surface area contributed by atoms with E-state index in [4.69, 9.17) is 26.3 Å². The molecule has 3 aromatic rings. The van der Waals surface area contributed by atoms with Gasteiger partial charge in [-0.15, -0.1) is 0 Å². The van der Waals surface area contributed by atoms with E-state index in [0.717, 1.165) is 64.6 Å². The molecular weight excluding hydrogens is 452 g/mol. The van der Waals surface area contributed by atoms with E-state index >= 15 is 0 Å². The Morgan fingerprint density at radius 2 is 1.76 bits per heavy atom. The second-order valence-corrected chi connectivity index (χ2v) is 8.98. The molecule has 0 N–H and O–H groups in total. The smallest absolute Gasteiger partial charge is 0.143 e. The summed E-state index contributed by atoms with van der Waals surface area (Å²) in [6.07, 6.45) is 2.40. The maximum absolute atomic E-state index is 6.13. The van der Waals surface area contributed by atoms with E-state index in [1.165, 1.54) is 12.8 Å². The second-order valence-electron chi connectivity index (χ2n) is 7.63. The summed E-state index contributed by atoms with van der Waals surface area (Å²) in [6.45, 7) is 3.59. The number of fused-ring (bicyclic) bond motifs is 1. The first-order valence-corrected chi connectivity index (χ1v) is 11.1. The quantitative estimate of drug-likeness (QED) is 0.517. The average molecular weight is 474 g/mol. The lowest BCUT2D eigenvalue weighted by molar-refractivity contribution is 0.413. The number of hydrogen-bond acceptors (Lipinski definition) is 5. The molecule has 1 saturated heterocycles. The van der Waals surface area contributed by atoms with Crippen molar-refractivity contribution in [2.45, 2.75) is 18.8 Å². The van der Waals surface area contributed by atoms with Crippen LogP contribution < -0.4 is 14.5 Å². The number of anilines is 2. The summed E-state index contributed by atoms with van der Waals surface area (Å²) >= 11 is 9.73. The van der Waals surface area contributed by atoms with E-state index in [1.807, 2.05) is 18.2 Å². The number of nitrogens with zero attached hydrogens (tertiary/aromatic N) is 4. The molecular formula is C22H22BrClN4O. The Morgan fingerprint density at radius 1 is 1.00 bits per heavy atom. The molecule has 2 fully saturated rings. The largest absolute Gasteiger partial charge is 0.495 e. The third-order valence-electron chi connectivity index (χ3n) is 5.66. The third kappa shape index (κ3) is 3.76. The predicted octanol–water partition coefficient (Wildman–Crippen LogP) is 5.26. The number of rotatable bonds is 4. The molecule has 0 radical (unpaired) electrons. The Balaban J connectivity index is 1.43. The average Bonchev–Trinajstić information content (AvgIpc) is 3.58. The maximum atomic E-state index is 6.13. The zero-order valence-electron chi connectivity index (χ0n) is 16.2. The van der Waals surface area contributed by atoms with E-state index in [1.54, 1.807) is 7.11 Å². The van der Waals surface area contributed by atoms with Crippen LogP contribution in [0.2, 0.25) is 5.02 Å². The van der Waals surface area contributed by atoms with Gasteiger partial charge in [-0.1, -0.05) is 27.5 Å². The van der Waals surface area contributed by atoms with Crippen molar-refractivity contribution in [2.24, 2.45) is 0 Å². The molecule has 5 nitrogen and oxygen atoms in total. The highest BCUT2D eigenvalue weighted by Crippen LogP contribution is 2.40. The minimum Gasteiger partial charge on any atom is -0.495 e. The summed E-state index contributed by atoms with van der Waals surface area (Å²) in [5, 5.41) is 1.80. The summed E-state index contributed by atoms with van der Waals surface area (Å²) in [4.78, 5) is 14.6. The lowest BCUT2D eigenvalue weighted by atomic mass is 10.2. The van der Waals surface area contributed by atoms with Gasteiger partial charge in [-0.05, 0) is 43.2 Å². The first-order chi connectivity index (χ1) is 14.1. The SMILES string of the molecule is COc1cc(Cl)ccc1N1CCN(c2nc(C3CC3)nc3ccc(Br)cc23)CC1. The van der Waals surface area contributed by atoms with Crippen molar-refractivity contribution in [3.8, 4) is 5.75 Å². The Hall–Kier alpha value is -2.05. The molecule has 1 aliphatic heterocycles. The van der Waals surface area contributed by atoms with Crippen LogP contribution in [0.4, 0.5) is 11.5 Å². The van der Waals surface area contributed by atoms with Crippen LogP contribution in [0.15, 0.2) is 40.9 Å². The number of methoxy groups -OCH3 is 1. The number of hydrogen-bond donors (Lipinski definition) is 0. The van der Waals surface area contributed by atoms with Crippen LogP contribution in [0, 0.1) is 0 Å². The molecule has 1 aliphatic carbocycles. The molecule has 0 unspecified atom stereocenters. The maximum Gasteiger partial charge on any atom is 0.143 e. The summed E-state index contributed by atoms with van der Waals surface area (Å²) in [5.74, 6) is 3.40. The van der Waals surface area contributed by atoms with Crippen LogP contribution in [-0.4, -0.2) is 43.3 Å². The summed E-state index contributed by atoms with van der Waals surface area (Å²) in [5.41, 5.74) is 2.12. The van der Waals surface area contributed by atoms with Gasteiger partial charge < -0.3 is 14.5 Å². The van der Waals surface area contributed by atoms with E-state index in [2.05, 4.69) is 43.9 Å². The summed E-state index contributed by atoms with van der Waals surface area (Å²) in [6, 6.07) is 12.1. The van der Waals surface area contributed by atoms with Crippen LogP contribution in [0.25, 0.3) is 10.9 Å². The van der Waals surface area contributed by atoms with Gasteiger partial charge in [-0.2, -0.15) is 0 Å². The molecule has 2 aliphatic rings. The monoisotopic (exact) mass is 472 g/mol. The molecule has 0 spiro atoms. The van der Waals surface area contributed by atoms with Gasteiger partial charge in [0.05, 0.1) is 18.3 Å². The van der Waals surface area contributed by atoms with Crippen molar-refractivity contribution in [1.82, 2.24) is 9.97 Å². The fourth-order valence-corrected chi connectivity index (χ4v) is 4.46. The van der Waals surface area contributed by atoms with Gasteiger partial charge in [0.2, 0.25) is 0 Å². The Labute approximate surface area is 183 Å². The van der Waals surface area contributed by atoms with E-state index in [0.29, 0.717) is 10.9 Å². The second kappa shape index (κ2) is 7.65. The van der Waals surface area contributed by atoms with Crippen molar-refractivity contribution in [3.05, 3.63) is 51.7 Å². The molecule has 0 atom stereocenters. The Bertz CT molecular complexity index is 1060. The van der Waals surface area contributed by atoms with Crippen molar-refractivity contribution in [1.29, 1.82) is 0 Å². The van der Waals surface area contributed by atoms with Crippen molar-refractivity contribution < 1.29 is 4.74 Å². The fraction of sp³-hybridized carbons (Fsp3) is 0.364. The molecule has 7 heteroatoms. The molecule has 2 heterocycles. The summed E-state index contributed by atoms with van der Waals surface area (Å²) in [7, 11) is 1.69. The third-order valence-corrected chi connectivity index (χ3v) is 6.39. The molecule has 29 heavy (non-hydrogen) atoms. The number of halogens is 2. The Morgan fingerprint density at radius 3 is 2.48 bits per heavy atom. The highest BCUT2D eigenvalue weighted by atomic mass is 79.9. The van der Waals surface area contributed by atoms with Crippen molar-refractivity contribution in [3.63, 3.8) is 0 Å². The molecule has 2 aromatic carbocycles. The van der Waals surface area contributed by atoms with Crippen molar-refractivity contribution >= 4 is 49.9 Å².